The first-order chi connectivity index (χ1) is 8.00. The minimum Gasteiger partial charge on any atom is -0.475 e. The smallest absolute Gasteiger partial charge is 0.232 e. The van der Waals surface area contributed by atoms with Gasteiger partial charge in [0.25, 0.3) is 0 Å². The summed E-state index contributed by atoms with van der Waals surface area (Å²) in [6.07, 6.45) is 1.45. The molecule has 94 valence electrons. The van der Waals surface area contributed by atoms with E-state index < -0.39 is 0 Å². The highest BCUT2D eigenvalue weighted by Crippen LogP contribution is 2.24. The van der Waals surface area contributed by atoms with Crippen molar-refractivity contribution in [2.75, 3.05) is 13.2 Å². The molecule has 1 amide bonds. The second-order valence-electron chi connectivity index (χ2n) is 3.73. The van der Waals surface area contributed by atoms with E-state index in [-0.39, 0.29) is 11.8 Å². The molecule has 0 radical (unpaired) electrons. The number of hydrogen-bond acceptors (Lipinski definition) is 3. The Bertz CT molecular complexity index is 397. The van der Waals surface area contributed by atoms with E-state index in [9.17, 15) is 4.79 Å². The van der Waals surface area contributed by atoms with Crippen molar-refractivity contribution in [3.05, 3.63) is 22.3 Å². The molecule has 1 heterocycles. The number of nitrogens with one attached hydrogen (secondary N) is 1. The van der Waals surface area contributed by atoms with Crippen LogP contribution in [0.1, 0.15) is 13.8 Å². The number of aromatic nitrogens is 1. The Morgan fingerprint density at radius 2 is 2.24 bits per heavy atom. The molecule has 1 rings (SSSR count). The highest BCUT2D eigenvalue weighted by atomic mass is 35.5. The van der Waals surface area contributed by atoms with E-state index in [2.05, 4.69) is 10.3 Å². The molecule has 6 heteroatoms. The topological polar surface area (TPSA) is 51.2 Å². The van der Waals surface area contributed by atoms with Crippen LogP contribution in [0.15, 0.2) is 12.3 Å². The summed E-state index contributed by atoms with van der Waals surface area (Å²) in [5.41, 5.74) is 0. The Balaban J connectivity index is 2.34. The molecule has 0 fully saturated rings. The van der Waals surface area contributed by atoms with Gasteiger partial charge in [-0.2, -0.15) is 0 Å². The predicted octanol–water partition coefficient (Wildman–Crippen LogP) is 2.54. The molecule has 1 aromatic heterocycles. The van der Waals surface area contributed by atoms with Crippen LogP contribution in [-0.2, 0) is 4.79 Å². The van der Waals surface area contributed by atoms with Crippen LogP contribution in [-0.4, -0.2) is 24.0 Å². The zero-order valence-corrected chi connectivity index (χ0v) is 11.2. The van der Waals surface area contributed by atoms with Crippen molar-refractivity contribution in [2.45, 2.75) is 13.8 Å². The van der Waals surface area contributed by atoms with Crippen molar-refractivity contribution in [3.8, 4) is 5.88 Å². The fourth-order valence-corrected chi connectivity index (χ4v) is 1.47. The molecule has 4 nitrogen and oxygen atoms in total. The first-order valence-corrected chi connectivity index (χ1v) is 5.98. The number of pyridine rings is 1. The molecule has 0 aliphatic rings. The molecule has 1 N–H and O–H groups in total. The predicted molar refractivity (Wildman–Crippen MR) is 67.6 cm³/mol. The highest BCUT2D eigenvalue weighted by Gasteiger charge is 2.06. The Hall–Kier alpha value is -1.000. The summed E-state index contributed by atoms with van der Waals surface area (Å²) < 4.78 is 5.31. The lowest BCUT2D eigenvalue weighted by molar-refractivity contribution is -0.124. The van der Waals surface area contributed by atoms with Gasteiger partial charge in [-0.1, -0.05) is 37.0 Å². The lowest BCUT2D eigenvalue weighted by Crippen LogP contribution is -2.31. The number of ether oxygens (including phenoxy) is 1. The first-order valence-electron chi connectivity index (χ1n) is 5.22. The van der Waals surface area contributed by atoms with Gasteiger partial charge in [0.05, 0.1) is 11.6 Å². The zero-order valence-electron chi connectivity index (χ0n) is 9.67. The van der Waals surface area contributed by atoms with Crippen LogP contribution in [0.25, 0.3) is 0 Å². The van der Waals surface area contributed by atoms with Gasteiger partial charge < -0.3 is 10.1 Å². The summed E-state index contributed by atoms with van der Waals surface area (Å²) in [5, 5.41) is 3.53. The fraction of sp³-hybridized carbons (Fsp3) is 0.455. The number of nitrogens with zero attached hydrogens (tertiary/aromatic N) is 1. The molecular weight excluding hydrogens is 263 g/mol. The molecule has 0 aliphatic carbocycles. The van der Waals surface area contributed by atoms with Crippen molar-refractivity contribution in [3.63, 3.8) is 0 Å². The summed E-state index contributed by atoms with van der Waals surface area (Å²) in [4.78, 5) is 15.2. The van der Waals surface area contributed by atoms with Gasteiger partial charge in [0.1, 0.15) is 11.6 Å². The summed E-state index contributed by atoms with van der Waals surface area (Å²) in [6, 6.07) is 1.55. The molecular formula is C11H14Cl2N2O2. The van der Waals surface area contributed by atoms with Crippen molar-refractivity contribution in [1.29, 1.82) is 0 Å². The van der Waals surface area contributed by atoms with E-state index >= 15 is 0 Å². The number of carbonyl (C=O) groups excluding carboxylic acids is 1. The number of halogens is 2. The molecule has 0 saturated heterocycles. The largest absolute Gasteiger partial charge is 0.475 e. The number of rotatable bonds is 5. The van der Waals surface area contributed by atoms with Crippen molar-refractivity contribution >= 4 is 29.1 Å². The summed E-state index contributed by atoms with van der Waals surface area (Å²) in [7, 11) is 0. The average Bonchev–Trinajstić information content (AvgIpc) is 2.26. The van der Waals surface area contributed by atoms with Crippen LogP contribution in [0.3, 0.4) is 0 Å². The van der Waals surface area contributed by atoms with E-state index in [1.54, 1.807) is 6.07 Å². The molecule has 0 spiro atoms. The molecule has 0 aromatic carbocycles. The van der Waals surface area contributed by atoms with Gasteiger partial charge in [0.2, 0.25) is 11.8 Å². The molecule has 0 unspecified atom stereocenters. The summed E-state index contributed by atoms with van der Waals surface area (Å²) in [5.74, 6) is 0.269. The van der Waals surface area contributed by atoms with E-state index in [4.69, 9.17) is 27.9 Å². The Kier molecular flexibility index (Phi) is 5.51. The third-order valence-electron chi connectivity index (χ3n) is 1.94. The number of carbonyl (C=O) groups is 1. The minimum atomic E-state index is -0.0350. The third-order valence-corrected chi connectivity index (χ3v) is 2.42. The fourth-order valence-electron chi connectivity index (χ4n) is 1.03. The van der Waals surface area contributed by atoms with Gasteiger partial charge in [-0.15, -0.1) is 0 Å². The first kappa shape index (κ1) is 14.1. The molecule has 0 aliphatic heterocycles. The average molecular weight is 277 g/mol. The Labute approximate surface area is 110 Å². The van der Waals surface area contributed by atoms with Crippen LogP contribution in [0.5, 0.6) is 5.88 Å². The van der Waals surface area contributed by atoms with Gasteiger partial charge in [0, 0.05) is 12.1 Å². The molecule has 1 aromatic rings. The SMILES string of the molecule is CC(C)C(=O)NCCOc1ncc(Cl)cc1Cl. The lowest BCUT2D eigenvalue weighted by atomic mass is 10.2. The van der Waals surface area contributed by atoms with Gasteiger partial charge in [-0.3, -0.25) is 4.79 Å². The maximum absolute atomic E-state index is 11.2. The monoisotopic (exact) mass is 276 g/mol. The van der Waals surface area contributed by atoms with Gasteiger partial charge in [0.15, 0.2) is 0 Å². The molecule has 0 atom stereocenters. The maximum Gasteiger partial charge on any atom is 0.232 e. The number of hydrogen-bond donors (Lipinski definition) is 1. The van der Waals surface area contributed by atoms with Crippen molar-refractivity contribution < 1.29 is 9.53 Å². The van der Waals surface area contributed by atoms with E-state index in [0.717, 1.165) is 0 Å². The Morgan fingerprint density at radius 1 is 1.53 bits per heavy atom. The maximum atomic E-state index is 11.2. The number of amides is 1. The van der Waals surface area contributed by atoms with Crippen LogP contribution in [0.2, 0.25) is 10.0 Å². The van der Waals surface area contributed by atoms with E-state index in [1.165, 1.54) is 6.20 Å². The Morgan fingerprint density at radius 3 is 2.82 bits per heavy atom. The van der Waals surface area contributed by atoms with Crippen LogP contribution in [0, 0.1) is 5.92 Å². The van der Waals surface area contributed by atoms with E-state index in [0.29, 0.717) is 29.1 Å². The van der Waals surface area contributed by atoms with Crippen LogP contribution < -0.4 is 10.1 Å². The molecule has 0 saturated carbocycles. The lowest BCUT2D eigenvalue weighted by Gasteiger charge is -2.09. The van der Waals surface area contributed by atoms with Crippen LogP contribution >= 0.6 is 23.2 Å². The van der Waals surface area contributed by atoms with Gasteiger partial charge in [-0.05, 0) is 6.07 Å². The van der Waals surface area contributed by atoms with Gasteiger partial charge in [-0.25, -0.2) is 4.98 Å². The zero-order chi connectivity index (χ0) is 12.8. The summed E-state index contributed by atoms with van der Waals surface area (Å²) in [6.45, 7) is 4.38. The van der Waals surface area contributed by atoms with E-state index in [1.807, 2.05) is 13.8 Å². The molecule has 0 bridgehead atoms. The highest BCUT2D eigenvalue weighted by molar-refractivity contribution is 6.35. The molecule has 17 heavy (non-hydrogen) atoms. The second-order valence-corrected chi connectivity index (χ2v) is 4.58. The quantitative estimate of drug-likeness (QED) is 0.841. The summed E-state index contributed by atoms with van der Waals surface area (Å²) >= 11 is 11.6. The second kappa shape index (κ2) is 6.67. The minimum absolute atomic E-state index is 0.0104. The standard InChI is InChI=1S/C11H14Cl2N2O2/c1-7(2)10(16)14-3-4-17-11-9(13)5-8(12)6-15-11/h5-7H,3-4H2,1-2H3,(H,14,16). The van der Waals surface area contributed by atoms with Crippen molar-refractivity contribution in [2.24, 2.45) is 5.92 Å². The van der Waals surface area contributed by atoms with Crippen molar-refractivity contribution in [1.82, 2.24) is 10.3 Å². The normalized spacial score (nSPS) is 10.4. The van der Waals surface area contributed by atoms with Gasteiger partial charge >= 0.3 is 0 Å². The third kappa shape index (κ3) is 4.79. The van der Waals surface area contributed by atoms with Crippen LogP contribution in [0.4, 0.5) is 0 Å².